The number of H-pyrrole nitrogens is 1. The molecule has 5 heteroatoms. The molecular formula is C14H9ClN2O2. The number of carbonyl (C=O) groups is 1. The lowest BCUT2D eigenvalue weighted by molar-refractivity contribution is 0.104. The molecule has 1 aromatic carbocycles. The highest BCUT2D eigenvalue weighted by molar-refractivity contribution is 6.35. The number of benzene rings is 1. The van der Waals surface area contributed by atoms with Gasteiger partial charge in [-0.1, -0.05) is 11.6 Å². The van der Waals surface area contributed by atoms with E-state index in [1.54, 1.807) is 18.5 Å². The van der Waals surface area contributed by atoms with Gasteiger partial charge in [-0.05, 0) is 30.3 Å². The summed E-state index contributed by atoms with van der Waals surface area (Å²) < 4.78 is 0. The normalized spacial score (nSPS) is 10.8. The number of halogens is 1. The summed E-state index contributed by atoms with van der Waals surface area (Å²) >= 11 is 5.99. The molecule has 0 amide bonds. The zero-order chi connectivity index (χ0) is 13.4. The van der Waals surface area contributed by atoms with Gasteiger partial charge in [0.2, 0.25) is 0 Å². The summed E-state index contributed by atoms with van der Waals surface area (Å²) in [6, 6.07) is 7.88. The molecule has 3 rings (SSSR count). The van der Waals surface area contributed by atoms with Crippen LogP contribution in [0.25, 0.3) is 11.0 Å². The van der Waals surface area contributed by atoms with Crippen LogP contribution in [0.2, 0.25) is 5.02 Å². The largest absolute Gasteiger partial charge is 0.508 e. The minimum Gasteiger partial charge on any atom is -0.508 e. The predicted octanol–water partition coefficient (Wildman–Crippen LogP) is 3.15. The third-order valence-corrected chi connectivity index (χ3v) is 3.21. The maximum Gasteiger partial charge on any atom is 0.196 e. The molecule has 0 unspecified atom stereocenters. The van der Waals surface area contributed by atoms with Gasteiger partial charge in [-0.15, -0.1) is 0 Å². The molecule has 0 aliphatic heterocycles. The van der Waals surface area contributed by atoms with E-state index in [0.717, 1.165) is 5.39 Å². The van der Waals surface area contributed by atoms with E-state index >= 15 is 0 Å². The molecule has 0 aliphatic carbocycles. The summed E-state index contributed by atoms with van der Waals surface area (Å²) in [6.07, 6.45) is 3.27. The molecular weight excluding hydrogens is 264 g/mol. The Morgan fingerprint density at radius 3 is 2.89 bits per heavy atom. The Bertz CT molecular complexity index is 780. The first-order chi connectivity index (χ1) is 9.16. The van der Waals surface area contributed by atoms with Crippen LogP contribution in [-0.2, 0) is 0 Å². The Labute approximate surface area is 113 Å². The van der Waals surface area contributed by atoms with Gasteiger partial charge in [0, 0.05) is 28.9 Å². The van der Waals surface area contributed by atoms with Gasteiger partial charge in [0.1, 0.15) is 11.4 Å². The fraction of sp³-hybridized carbons (Fsp3) is 0. The first-order valence-electron chi connectivity index (χ1n) is 5.62. The molecule has 0 saturated heterocycles. The molecule has 0 saturated carbocycles. The fourth-order valence-corrected chi connectivity index (χ4v) is 2.24. The summed E-state index contributed by atoms with van der Waals surface area (Å²) in [5, 5.41) is 10.3. The highest BCUT2D eigenvalue weighted by Crippen LogP contribution is 2.26. The van der Waals surface area contributed by atoms with Crippen molar-refractivity contribution in [3.63, 3.8) is 0 Å². The second kappa shape index (κ2) is 4.40. The molecule has 0 atom stereocenters. The smallest absolute Gasteiger partial charge is 0.196 e. The monoisotopic (exact) mass is 272 g/mol. The number of nitrogens with one attached hydrogen (secondary N) is 1. The minimum atomic E-state index is -0.204. The van der Waals surface area contributed by atoms with Gasteiger partial charge < -0.3 is 10.1 Å². The van der Waals surface area contributed by atoms with Crippen molar-refractivity contribution in [2.75, 3.05) is 0 Å². The molecule has 0 bridgehead atoms. The molecule has 19 heavy (non-hydrogen) atoms. The lowest BCUT2D eigenvalue weighted by Crippen LogP contribution is -2.01. The van der Waals surface area contributed by atoms with Crippen molar-refractivity contribution in [3.8, 4) is 5.75 Å². The van der Waals surface area contributed by atoms with Crippen molar-refractivity contribution in [1.29, 1.82) is 0 Å². The van der Waals surface area contributed by atoms with E-state index in [1.165, 1.54) is 18.2 Å². The maximum absolute atomic E-state index is 12.4. The zero-order valence-corrected chi connectivity index (χ0v) is 10.5. The Morgan fingerprint density at radius 1 is 1.26 bits per heavy atom. The average molecular weight is 273 g/mol. The highest BCUT2D eigenvalue weighted by atomic mass is 35.5. The number of ketones is 1. The number of aromatic hydroxyl groups is 1. The molecule has 0 spiro atoms. The molecule has 0 aliphatic rings. The highest BCUT2D eigenvalue weighted by Gasteiger charge is 2.17. The average Bonchev–Trinajstić information content (AvgIpc) is 2.82. The van der Waals surface area contributed by atoms with E-state index in [0.29, 0.717) is 16.8 Å². The van der Waals surface area contributed by atoms with Crippen molar-refractivity contribution >= 4 is 28.4 Å². The first kappa shape index (κ1) is 11.7. The molecule has 94 valence electrons. The molecule has 2 aromatic heterocycles. The number of phenols is 1. The van der Waals surface area contributed by atoms with Gasteiger partial charge in [-0.25, -0.2) is 4.98 Å². The summed E-state index contributed by atoms with van der Waals surface area (Å²) in [7, 11) is 0. The second-order valence-corrected chi connectivity index (χ2v) is 4.50. The predicted molar refractivity (Wildman–Crippen MR) is 72.6 cm³/mol. The molecule has 0 radical (unpaired) electrons. The van der Waals surface area contributed by atoms with Crippen LogP contribution in [0, 0.1) is 0 Å². The number of fused-ring (bicyclic) bond motifs is 1. The van der Waals surface area contributed by atoms with Crippen molar-refractivity contribution in [3.05, 3.63) is 58.9 Å². The van der Waals surface area contributed by atoms with Crippen molar-refractivity contribution < 1.29 is 9.90 Å². The van der Waals surface area contributed by atoms with Gasteiger partial charge in [0.15, 0.2) is 5.78 Å². The van der Waals surface area contributed by atoms with Crippen LogP contribution in [0.1, 0.15) is 15.9 Å². The summed E-state index contributed by atoms with van der Waals surface area (Å²) in [4.78, 5) is 19.5. The number of phenolic OH excluding ortho intramolecular Hbond substituents is 1. The number of hydrogen-bond acceptors (Lipinski definition) is 3. The molecule has 2 N–H and O–H groups in total. The van der Waals surface area contributed by atoms with Crippen LogP contribution >= 0.6 is 11.6 Å². The number of aromatic nitrogens is 2. The van der Waals surface area contributed by atoms with Gasteiger partial charge in [0.25, 0.3) is 0 Å². The number of rotatable bonds is 2. The SMILES string of the molecule is O=C(c1ccc(O)cc1Cl)c1c[nH]c2ncccc12. The number of nitrogens with zero attached hydrogens (tertiary/aromatic N) is 1. The summed E-state index contributed by atoms with van der Waals surface area (Å²) in [5.74, 6) is -0.175. The maximum atomic E-state index is 12.4. The zero-order valence-electron chi connectivity index (χ0n) is 9.72. The van der Waals surface area contributed by atoms with Crippen LogP contribution in [-0.4, -0.2) is 20.9 Å². The minimum absolute atomic E-state index is 0.0298. The van der Waals surface area contributed by atoms with Crippen molar-refractivity contribution in [2.45, 2.75) is 0 Å². The summed E-state index contributed by atoms with van der Waals surface area (Å²) in [5.41, 5.74) is 1.51. The quantitative estimate of drug-likeness (QED) is 0.704. The van der Waals surface area contributed by atoms with Gasteiger partial charge >= 0.3 is 0 Å². The topological polar surface area (TPSA) is 66.0 Å². The number of carbonyl (C=O) groups excluding carboxylic acids is 1. The fourth-order valence-electron chi connectivity index (χ4n) is 1.98. The van der Waals surface area contributed by atoms with Gasteiger partial charge in [0.05, 0.1) is 5.02 Å². The first-order valence-corrected chi connectivity index (χ1v) is 6.00. The van der Waals surface area contributed by atoms with Crippen LogP contribution in [0.3, 0.4) is 0 Å². The number of aromatic amines is 1. The van der Waals surface area contributed by atoms with E-state index in [2.05, 4.69) is 9.97 Å². The Kier molecular flexibility index (Phi) is 2.72. The van der Waals surface area contributed by atoms with Crippen LogP contribution in [0.5, 0.6) is 5.75 Å². The van der Waals surface area contributed by atoms with Crippen LogP contribution in [0.15, 0.2) is 42.7 Å². The number of hydrogen-bond donors (Lipinski definition) is 2. The lowest BCUT2D eigenvalue weighted by atomic mass is 10.0. The van der Waals surface area contributed by atoms with E-state index in [1.807, 2.05) is 6.07 Å². The lowest BCUT2D eigenvalue weighted by Gasteiger charge is -2.03. The van der Waals surface area contributed by atoms with E-state index in [-0.39, 0.29) is 16.6 Å². The van der Waals surface area contributed by atoms with Crippen LogP contribution < -0.4 is 0 Å². The van der Waals surface area contributed by atoms with Crippen LogP contribution in [0.4, 0.5) is 0 Å². The summed E-state index contributed by atoms with van der Waals surface area (Å²) in [6.45, 7) is 0. The van der Waals surface area contributed by atoms with E-state index < -0.39 is 0 Å². The molecule has 3 aromatic rings. The van der Waals surface area contributed by atoms with Gasteiger partial charge in [-0.3, -0.25) is 4.79 Å². The molecule has 0 fully saturated rings. The molecule has 4 nitrogen and oxygen atoms in total. The second-order valence-electron chi connectivity index (χ2n) is 4.10. The Hall–Kier alpha value is -2.33. The Morgan fingerprint density at radius 2 is 2.11 bits per heavy atom. The molecule has 2 heterocycles. The third kappa shape index (κ3) is 1.96. The Balaban J connectivity index is 2.13. The van der Waals surface area contributed by atoms with E-state index in [9.17, 15) is 9.90 Å². The van der Waals surface area contributed by atoms with Gasteiger partial charge in [-0.2, -0.15) is 0 Å². The third-order valence-electron chi connectivity index (χ3n) is 2.89. The standard InChI is InChI=1S/C14H9ClN2O2/c15-12-6-8(18)3-4-10(12)13(19)11-7-17-14-9(11)2-1-5-16-14/h1-7,18H,(H,16,17). The number of pyridine rings is 1. The van der Waals surface area contributed by atoms with E-state index in [4.69, 9.17) is 11.6 Å². The van der Waals surface area contributed by atoms with Crippen molar-refractivity contribution in [2.24, 2.45) is 0 Å². The van der Waals surface area contributed by atoms with Crippen molar-refractivity contribution in [1.82, 2.24) is 9.97 Å².